The Morgan fingerprint density at radius 2 is 1.55 bits per heavy atom. The molecule has 1 atom stereocenters. The first-order valence-corrected chi connectivity index (χ1v) is 8.14. The molecule has 0 aliphatic carbocycles. The van der Waals surface area contributed by atoms with Crippen LogP contribution >= 0.6 is 0 Å². The van der Waals surface area contributed by atoms with Crippen molar-refractivity contribution in [3.8, 4) is 0 Å². The molecule has 0 aromatic carbocycles. The third-order valence-electron chi connectivity index (χ3n) is 2.72. The molecule has 0 aromatic heterocycles. The first kappa shape index (κ1) is 27.7. The van der Waals surface area contributed by atoms with Crippen LogP contribution in [0.25, 0.3) is 0 Å². The van der Waals surface area contributed by atoms with Crippen LogP contribution in [0.4, 0.5) is 0 Å². The van der Waals surface area contributed by atoms with Crippen LogP contribution in [-0.2, 0) is 24.4 Å². The summed E-state index contributed by atoms with van der Waals surface area (Å²) < 4.78 is 35.3. The van der Waals surface area contributed by atoms with E-state index in [1.54, 1.807) is 0 Å². The smallest absolute Gasteiger partial charge is 0.327 e. The first-order chi connectivity index (χ1) is 9.29. The molecule has 2 N–H and O–H groups in total. The Morgan fingerprint density at radius 3 is 2.00 bits per heavy atom. The molecule has 120 valence electrons. The van der Waals surface area contributed by atoms with Crippen molar-refractivity contribution in [1.82, 2.24) is 0 Å². The molecule has 0 aliphatic heterocycles. The standard InChI is InChI=1S/C12H22O7S.2Na/c1-2-3-4-5-6-7-8-19-12(15)10(9-11(13)14)20(16,17)18;;/h10H,2-9H2,1H3,(H,13,14)(H,16,17,18);;. The van der Waals surface area contributed by atoms with E-state index in [2.05, 4.69) is 6.92 Å². The minimum absolute atomic E-state index is 0. The second-order valence-corrected chi connectivity index (χ2v) is 6.14. The van der Waals surface area contributed by atoms with Gasteiger partial charge in [0.1, 0.15) is 0 Å². The van der Waals surface area contributed by atoms with Crippen molar-refractivity contribution >= 4 is 81.2 Å². The van der Waals surface area contributed by atoms with Crippen LogP contribution in [-0.4, -0.2) is 101 Å². The zero-order valence-corrected chi connectivity index (χ0v) is 18.4. The molecule has 0 amide bonds. The summed E-state index contributed by atoms with van der Waals surface area (Å²) in [6, 6.07) is 0. The van der Waals surface area contributed by atoms with Crippen molar-refractivity contribution in [2.24, 2.45) is 0 Å². The fourth-order valence-electron chi connectivity index (χ4n) is 1.62. The third kappa shape index (κ3) is 14.4. The van der Waals surface area contributed by atoms with Crippen molar-refractivity contribution in [2.75, 3.05) is 6.61 Å². The van der Waals surface area contributed by atoms with Gasteiger partial charge in [0.15, 0.2) is 5.25 Å². The summed E-state index contributed by atoms with van der Waals surface area (Å²) in [4.78, 5) is 21.9. The Morgan fingerprint density at radius 1 is 1.05 bits per heavy atom. The fourth-order valence-corrected chi connectivity index (χ4v) is 2.28. The zero-order valence-electron chi connectivity index (χ0n) is 13.6. The van der Waals surface area contributed by atoms with Gasteiger partial charge >= 0.3 is 11.9 Å². The van der Waals surface area contributed by atoms with E-state index in [4.69, 9.17) is 14.4 Å². The SMILES string of the molecule is CCCCCCCCOC(=O)C(CC(=O)O)S(=O)(=O)O.[Na].[Na]. The van der Waals surface area contributed by atoms with Gasteiger partial charge in [0.05, 0.1) is 13.0 Å². The topological polar surface area (TPSA) is 118 Å². The maximum absolute atomic E-state index is 11.4. The number of carbonyl (C=O) groups excluding carboxylic acids is 1. The van der Waals surface area contributed by atoms with Crippen molar-refractivity contribution in [3.05, 3.63) is 0 Å². The Bertz CT molecular complexity index is 412. The molecule has 1 unspecified atom stereocenters. The second kappa shape index (κ2) is 15.4. The van der Waals surface area contributed by atoms with E-state index in [1.807, 2.05) is 0 Å². The Balaban J connectivity index is -0.00000180. The van der Waals surface area contributed by atoms with Crippen LogP contribution in [0.3, 0.4) is 0 Å². The van der Waals surface area contributed by atoms with E-state index in [-0.39, 0.29) is 65.7 Å². The van der Waals surface area contributed by atoms with Gasteiger partial charge < -0.3 is 9.84 Å². The van der Waals surface area contributed by atoms with Crippen LogP contribution in [0.5, 0.6) is 0 Å². The summed E-state index contributed by atoms with van der Waals surface area (Å²) in [5, 5.41) is 6.45. The summed E-state index contributed by atoms with van der Waals surface area (Å²) in [6.07, 6.45) is 4.79. The number of hydrogen-bond donors (Lipinski definition) is 2. The average molecular weight is 356 g/mol. The largest absolute Gasteiger partial charge is 0.481 e. The molecule has 0 fully saturated rings. The second-order valence-electron chi connectivity index (χ2n) is 4.54. The molecule has 0 heterocycles. The predicted molar refractivity (Wildman–Crippen MR) is 83.4 cm³/mol. The number of aliphatic carboxylic acids is 1. The van der Waals surface area contributed by atoms with Crippen molar-refractivity contribution in [2.45, 2.75) is 57.1 Å². The third-order valence-corrected chi connectivity index (χ3v) is 3.80. The number of ether oxygens (including phenoxy) is 1. The minimum atomic E-state index is -4.77. The summed E-state index contributed by atoms with van der Waals surface area (Å²) >= 11 is 0. The van der Waals surface area contributed by atoms with E-state index < -0.39 is 33.7 Å². The summed E-state index contributed by atoms with van der Waals surface area (Å²) in [6.45, 7) is 2.12. The maximum Gasteiger partial charge on any atom is 0.327 e. The van der Waals surface area contributed by atoms with Crippen LogP contribution in [0.15, 0.2) is 0 Å². The van der Waals surface area contributed by atoms with Gasteiger partial charge in [-0.15, -0.1) is 0 Å². The average Bonchev–Trinajstić information content (AvgIpc) is 2.33. The fraction of sp³-hybridized carbons (Fsp3) is 0.833. The molecule has 0 saturated carbocycles. The molecule has 0 rings (SSSR count). The van der Waals surface area contributed by atoms with Gasteiger partial charge in [-0.25, -0.2) is 0 Å². The van der Waals surface area contributed by atoms with Gasteiger partial charge in [-0.1, -0.05) is 39.0 Å². The zero-order chi connectivity index (χ0) is 15.6. The summed E-state index contributed by atoms with van der Waals surface area (Å²) in [7, 11) is -4.77. The predicted octanol–water partition coefficient (Wildman–Crippen LogP) is 0.860. The van der Waals surface area contributed by atoms with E-state index in [9.17, 15) is 18.0 Å². The van der Waals surface area contributed by atoms with Gasteiger partial charge in [-0.2, -0.15) is 8.42 Å². The van der Waals surface area contributed by atoms with Gasteiger partial charge in [-0.05, 0) is 6.42 Å². The number of rotatable bonds is 11. The first-order valence-electron chi connectivity index (χ1n) is 6.63. The van der Waals surface area contributed by atoms with Crippen LogP contribution in [0.2, 0.25) is 0 Å². The van der Waals surface area contributed by atoms with Crippen molar-refractivity contribution in [1.29, 1.82) is 0 Å². The number of esters is 1. The monoisotopic (exact) mass is 356 g/mol. The van der Waals surface area contributed by atoms with Crippen LogP contribution in [0.1, 0.15) is 51.9 Å². The van der Waals surface area contributed by atoms with Gasteiger partial charge in [0.2, 0.25) is 0 Å². The van der Waals surface area contributed by atoms with Gasteiger partial charge in [0, 0.05) is 59.1 Å². The number of hydrogen-bond acceptors (Lipinski definition) is 5. The number of unbranched alkanes of at least 4 members (excludes halogenated alkanes) is 5. The molecule has 0 saturated heterocycles. The van der Waals surface area contributed by atoms with E-state index >= 15 is 0 Å². The molecule has 0 aliphatic rings. The molecular formula is C12H22Na2O7S. The van der Waals surface area contributed by atoms with Crippen molar-refractivity contribution in [3.63, 3.8) is 0 Å². The van der Waals surface area contributed by atoms with E-state index in [0.717, 1.165) is 32.1 Å². The molecule has 0 spiro atoms. The summed E-state index contributed by atoms with van der Waals surface area (Å²) in [5.41, 5.74) is 0. The maximum atomic E-state index is 11.4. The normalized spacial score (nSPS) is 11.7. The van der Waals surface area contributed by atoms with Gasteiger partial charge in [0.25, 0.3) is 10.1 Å². The molecule has 2 radical (unpaired) electrons. The van der Waals surface area contributed by atoms with Crippen molar-refractivity contribution < 1.29 is 32.4 Å². The number of carboxylic acids is 1. The Kier molecular flexibility index (Phi) is 19.4. The van der Waals surface area contributed by atoms with Gasteiger partial charge in [-0.3, -0.25) is 14.1 Å². The van der Waals surface area contributed by atoms with E-state index in [0.29, 0.717) is 6.42 Å². The molecule has 0 bridgehead atoms. The number of carboxylic acid groups (broad SMARTS) is 1. The minimum Gasteiger partial charge on any atom is -0.481 e. The molecule has 22 heavy (non-hydrogen) atoms. The van der Waals surface area contributed by atoms with Crippen LogP contribution < -0.4 is 0 Å². The molecule has 0 aromatic rings. The van der Waals surface area contributed by atoms with Crippen LogP contribution in [0, 0.1) is 0 Å². The Labute approximate surface area is 175 Å². The molecule has 10 heteroatoms. The quantitative estimate of drug-likeness (QED) is 0.244. The summed E-state index contributed by atoms with van der Waals surface area (Å²) in [5.74, 6) is -2.72. The van der Waals surface area contributed by atoms with E-state index in [1.165, 1.54) is 0 Å². The Hall–Kier alpha value is 0.850. The number of carbonyl (C=O) groups is 2. The molecular weight excluding hydrogens is 334 g/mol. The molecule has 7 nitrogen and oxygen atoms in total.